The van der Waals surface area contributed by atoms with Crippen molar-refractivity contribution in [2.75, 3.05) is 10.6 Å². The van der Waals surface area contributed by atoms with Gasteiger partial charge in [-0.1, -0.05) is 65.2 Å². The molecule has 0 spiro atoms. The van der Waals surface area contributed by atoms with Gasteiger partial charge in [0.2, 0.25) is 10.2 Å². The Labute approximate surface area is 361 Å². The molecule has 6 N–H and O–H groups in total. The summed E-state index contributed by atoms with van der Waals surface area (Å²) >= 11 is 3.77. The molecule has 4 aromatic rings. The largest absolute Gasteiger partial charge is 0.447 e. The van der Waals surface area contributed by atoms with Gasteiger partial charge in [0.1, 0.15) is 11.5 Å². The lowest BCUT2D eigenvalue weighted by molar-refractivity contribution is 0.255. The number of amides is 4. The molecular weight excluding hydrogens is 893 g/mol. The van der Waals surface area contributed by atoms with Crippen molar-refractivity contribution in [2.45, 2.75) is 120 Å². The molecule has 19 heteroatoms. The van der Waals surface area contributed by atoms with Crippen molar-refractivity contribution in [1.29, 1.82) is 0 Å². The van der Waals surface area contributed by atoms with E-state index in [-0.39, 0.29) is 23.5 Å². The average Bonchev–Trinajstić information content (AvgIpc) is 4.05. The molecule has 61 heavy (non-hydrogen) atoms. The second-order valence-electron chi connectivity index (χ2n) is 16.5. The Morgan fingerprint density at radius 2 is 1.28 bits per heavy atom. The van der Waals surface area contributed by atoms with E-state index < -0.39 is 42.3 Å². The maximum atomic E-state index is 13.6. The summed E-state index contributed by atoms with van der Waals surface area (Å²) < 4.78 is 70.5. The van der Waals surface area contributed by atoms with Crippen molar-refractivity contribution in [3.8, 4) is 0 Å². The van der Waals surface area contributed by atoms with Crippen molar-refractivity contribution in [3.05, 3.63) is 90.8 Å². The summed E-state index contributed by atoms with van der Waals surface area (Å²) in [7, 11) is -8.93. The number of oxime groups is 2. The normalized spacial score (nSPS) is 19.0. The number of rotatable bonds is 10. The first-order chi connectivity index (χ1) is 29.1. The fourth-order valence-corrected chi connectivity index (χ4v) is 12.1. The highest BCUT2D eigenvalue weighted by atomic mass is 79.9. The fraction of sp³-hybridized carbons (Fsp3) is 0.429. The summed E-state index contributed by atoms with van der Waals surface area (Å²) in [6.45, 7) is 5.82. The first-order valence-corrected chi connectivity index (χ1v) is 24.2. The van der Waals surface area contributed by atoms with Gasteiger partial charge in [-0.3, -0.25) is 0 Å². The molecule has 0 fully saturated rings. The van der Waals surface area contributed by atoms with Crippen LogP contribution in [0.5, 0.6) is 0 Å². The third kappa shape index (κ3) is 8.07. The van der Waals surface area contributed by atoms with Crippen molar-refractivity contribution >= 4 is 70.8 Å². The second-order valence-corrected chi connectivity index (χ2v) is 20.5. The van der Waals surface area contributed by atoms with Crippen LogP contribution in [0.3, 0.4) is 0 Å². The summed E-state index contributed by atoms with van der Waals surface area (Å²) in [6, 6.07) is 6.14. The number of anilines is 2. The van der Waals surface area contributed by atoms with Gasteiger partial charge in [0.15, 0.2) is 0 Å². The monoisotopic (exact) mass is 938 g/mol. The molecule has 2 aromatic heterocycles. The molecule has 0 bridgehead atoms. The summed E-state index contributed by atoms with van der Waals surface area (Å²) in [5.41, 5.74) is 8.17. The highest BCUT2D eigenvalue weighted by Crippen LogP contribution is 2.45. The predicted octanol–water partition coefficient (Wildman–Crippen LogP) is 8.21. The van der Waals surface area contributed by atoms with Crippen LogP contribution in [0.1, 0.15) is 127 Å². The van der Waals surface area contributed by atoms with Crippen LogP contribution in [0.25, 0.3) is 0 Å². The van der Waals surface area contributed by atoms with E-state index in [0.29, 0.717) is 83.8 Å². The third-order valence-electron chi connectivity index (χ3n) is 12.3. The number of carbonyl (C=O) groups excluding carboxylic acids is 2. The maximum absolute atomic E-state index is 13.6. The van der Waals surface area contributed by atoms with Crippen LogP contribution < -0.4 is 20.1 Å². The van der Waals surface area contributed by atoms with E-state index in [1.54, 1.807) is 0 Å². The lowest BCUT2D eigenvalue weighted by Crippen LogP contribution is -2.35. The molecule has 4 amide bonds. The van der Waals surface area contributed by atoms with Crippen LogP contribution >= 0.6 is 15.9 Å². The van der Waals surface area contributed by atoms with E-state index in [2.05, 4.69) is 41.6 Å². The van der Waals surface area contributed by atoms with E-state index in [4.69, 9.17) is 8.83 Å². The number of nitrogens with zero attached hydrogens (tertiary/aromatic N) is 2. The third-order valence-corrected chi connectivity index (χ3v) is 15.6. The number of sulfonamides is 2. The molecule has 0 saturated carbocycles. The molecule has 16 nitrogen and oxygen atoms in total. The zero-order chi connectivity index (χ0) is 43.4. The Balaban J connectivity index is 0.975. The first kappa shape index (κ1) is 42.5. The molecule has 2 atom stereocenters. The smallest absolute Gasteiger partial charge is 0.333 e. The molecule has 8 rings (SSSR count). The molecule has 2 unspecified atom stereocenters. The van der Waals surface area contributed by atoms with Crippen LogP contribution in [0.15, 0.2) is 64.1 Å². The number of benzene rings is 2. The predicted molar refractivity (Wildman–Crippen MR) is 229 cm³/mol. The second kappa shape index (κ2) is 16.6. The van der Waals surface area contributed by atoms with Crippen LogP contribution in [0.2, 0.25) is 0 Å². The lowest BCUT2D eigenvalue weighted by atomic mass is 9.78. The van der Waals surface area contributed by atoms with E-state index >= 15 is 0 Å². The minimum Gasteiger partial charge on any atom is -0.447 e. The number of furan rings is 2. The first-order valence-electron chi connectivity index (χ1n) is 20.4. The number of nitrogens with one attached hydrogen (secondary N) is 4. The van der Waals surface area contributed by atoms with Gasteiger partial charge in [0.25, 0.3) is 20.0 Å². The van der Waals surface area contributed by atoms with Gasteiger partial charge < -0.3 is 29.9 Å². The minimum absolute atomic E-state index is 0.0719. The molecule has 324 valence electrons. The minimum atomic E-state index is -4.48. The van der Waals surface area contributed by atoms with E-state index in [1.165, 1.54) is 12.1 Å². The summed E-state index contributed by atoms with van der Waals surface area (Å²) in [4.78, 5) is 26.7. The zero-order valence-electron chi connectivity index (χ0n) is 33.9. The van der Waals surface area contributed by atoms with Gasteiger partial charge in [0, 0.05) is 57.9 Å². The van der Waals surface area contributed by atoms with Gasteiger partial charge in [-0.25, -0.2) is 19.0 Å². The SMILES string of the molecule is CC(C)c1cccc(C(C)CC2CCc3oc(S(=O)(=O)NC(=O)Nc4c5c(c(Br)c6c4CCC6)CCC5)cc3/C2=N\O)c1NC(=O)NS(=O)(=O)c1cc2c(o1)CCC/C2=N\O. The van der Waals surface area contributed by atoms with Crippen LogP contribution in [0, 0.1) is 5.92 Å². The average molecular weight is 940 g/mol. The number of hydrogen-bond donors (Lipinski definition) is 6. The molecule has 2 heterocycles. The molecule has 0 saturated heterocycles. The number of halogens is 1. The Hall–Kier alpha value is -5.14. The molecule has 4 aliphatic carbocycles. The van der Waals surface area contributed by atoms with E-state index in [0.717, 1.165) is 70.8 Å². The number of carbonyl (C=O) groups is 2. The van der Waals surface area contributed by atoms with Gasteiger partial charge >= 0.3 is 12.1 Å². The van der Waals surface area contributed by atoms with Crippen molar-refractivity contribution in [2.24, 2.45) is 16.2 Å². The fourth-order valence-electron chi connectivity index (χ4n) is 9.43. The molecule has 2 aromatic carbocycles. The van der Waals surface area contributed by atoms with Crippen LogP contribution in [-0.4, -0.2) is 50.7 Å². The van der Waals surface area contributed by atoms with Crippen LogP contribution in [0.4, 0.5) is 21.0 Å². The highest BCUT2D eigenvalue weighted by molar-refractivity contribution is 9.10. The summed E-state index contributed by atoms with van der Waals surface area (Å²) in [5, 5.41) is 31.2. The molecular formula is C42H47BrN6O10S2. The number of urea groups is 2. The molecule has 4 aliphatic rings. The molecule has 0 aliphatic heterocycles. The topological polar surface area (TPSA) is 242 Å². The van der Waals surface area contributed by atoms with E-state index in [9.17, 15) is 36.8 Å². The van der Waals surface area contributed by atoms with Gasteiger partial charge in [-0.15, -0.1) is 0 Å². The molecule has 0 radical (unpaired) electrons. The van der Waals surface area contributed by atoms with Crippen molar-refractivity contribution in [3.63, 3.8) is 0 Å². The highest BCUT2D eigenvalue weighted by Gasteiger charge is 2.36. The van der Waals surface area contributed by atoms with Crippen molar-refractivity contribution < 1.29 is 45.7 Å². The van der Waals surface area contributed by atoms with Gasteiger partial charge in [-0.05, 0) is 109 Å². The Morgan fingerprint density at radius 3 is 1.87 bits per heavy atom. The Kier molecular flexibility index (Phi) is 11.6. The number of para-hydroxylation sites is 1. The number of hydrogen-bond acceptors (Lipinski definition) is 12. The maximum Gasteiger partial charge on any atom is 0.333 e. The van der Waals surface area contributed by atoms with Crippen molar-refractivity contribution in [1.82, 2.24) is 9.44 Å². The lowest BCUT2D eigenvalue weighted by Gasteiger charge is -2.27. The number of fused-ring (bicyclic) bond motifs is 4. The van der Waals surface area contributed by atoms with E-state index in [1.807, 2.05) is 43.7 Å². The summed E-state index contributed by atoms with van der Waals surface area (Å²) in [5.74, 6) is -0.0708. The van der Waals surface area contributed by atoms with Gasteiger partial charge in [0.05, 0.1) is 11.4 Å². The Morgan fingerprint density at radius 1 is 0.738 bits per heavy atom. The zero-order valence-corrected chi connectivity index (χ0v) is 37.1. The van der Waals surface area contributed by atoms with Gasteiger partial charge in [-0.2, -0.15) is 16.8 Å². The standard InChI is InChI=1S/C42H47BrN6O10S2/c1-21(2)24-8-4-9-25(39(24)44-41(50)48-60(54,55)35-19-30-32(46-52)14-7-15-33(30)58-35)22(3)18-23-16-17-34-31(38(23)47-53)20-36(59-34)61(56,57)49-42(51)45-40-28-12-5-10-26(28)37(43)27-11-6-13-29(27)40/h4,8-9,19-23,52-53H,5-7,10-18H2,1-3H3,(H2,44,48,50)(H2,45,49,51)/b46-32+,47-38-. The van der Waals surface area contributed by atoms with Crippen LogP contribution in [-0.2, 0) is 58.6 Å². The number of aryl methyl sites for hydroxylation is 2. The quantitative estimate of drug-likeness (QED) is 0.0658. The summed E-state index contributed by atoms with van der Waals surface area (Å²) in [6.07, 6.45) is 7.94. The Bertz CT molecular complexity index is 2700.